The van der Waals surface area contributed by atoms with Gasteiger partial charge in [0.2, 0.25) is 0 Å². The number of hydrogen-bond donors (Lipinski definition) is 1. The van der Waals surface area contributed by atoms with Gasteiger partial charge in [0, 0.05) is 31.5 Å². The lowest BCUT2D eigenvalue weighted by Crippen LogP contribution is -2.35. The molecule has 35 heavy (non-hydrogen) atoms. The number of carboxylic acid groups (broad SMARTS) is 1. The van der Waals surface area contributed by atoms with Gasteiger partial charge in [-0.25, -0.2) is 0 Å². The Morgan fingerprint density at radius 2 is 1.80 bits per heavy atom. The second kappa shape index (κ2) is 10.7. The Kier molecular flexibility index (Phi) is 7.68. The molecule has 0 spiro atoms. The van der Waals surface area contributed by atoms with E-state index in [-0.39, 0.29) is 18.9 Å². The molecule has 0 aromatic heterocycles. The molecule has 0 bridgehead atoms. The molecule has 182 valence electrons. The number of fused-ring (bicyclic) bond motifs is 1. The number of amides is 1. The highest BCUT2D eigenvalue weighted by Crippen LogP contribution is 2.39. The van der Waals surface area contributed by atoms with Crippen LogP contribution in [0.2, 0.25) is 10.0 Å². The van der Waals surface area contributed by atoms with Crippen molar-refractivity contribution >= 4 is 35.1 Å². The minimum absolute atomic E-state index is 0.104. The van der Waals surface area contributed by atoms with Crippen LogP contribution in [0.1, 0.15) is 40.4 Å². The number of carboxylic acids is 1. The van der Waals surface area contributed by atoms with Crippen molar-refractivity contribution < 1.29 is 19.4 Å². The Morgan fingerprint density at radius 1 is 1.03 bits per heavy atom. The summed E-state index contributed by atoms with van der Waals surface area (Å²) in [5.74, 6) is -0.375. The molecule has 1 unspecified atom stereocenters. The van der Waals surface area contributed by atoms with E-state index in [1.165, 1.54) is 0 Å². The molecule has 5 nitrogen and oxygen atoms in total. The van der Waals surface area contributed by atoms with Gasteiger partial charge in [-0.05, 0) is 54.3 Å². The average molecular weight is 512 g/mol. The first-order valence-electron chi connectivity index (χ1n) is 11.5. The predicted molar refractivity (Wildman–Crippen MR) is 138 cm³/mol. The van der Waals surface area contributed by atoms with Gasteiger partial charge in [-0.3, -0.25) is 9.59 Å². The van der Waals surface area contributed by atoms with Crippen LogP contribution >= 0.6 is 23.2 Å². The highest BCUT2D eigenvalue weighted by atomic mass is 35.5. The first-order chi connectivity index (χ1) is 16.7. The maximum atomic E-state index is 13.4. The fourth-order valence-corrected chi connectivity index (χ4v) is 4.86. The second-order valence-corrected chi connectivity index (χ2v) is 9.90. The number of carbonyl (C=O) groups excluding carboxylic acids is 1. The summed E-state index contributed by atoms with van der Waals surface area (Å²) in [4.78, 5) is 26.2. The van der Waals surface area contributed by atoms with Crippen LogP contribution in [-0.2, 0) is 24.1 Å². The smallest absolute Gasteiger partial charge is 0.305 e. The lowest BCUT2D eigenvalue weighted by molar-refractivity contribution is -0.137. The van der Waals surface area contributed by atoms with Crippen molar-refractivity contribution in [1.29, 1.82) is 0 Å². The Hall–Kier alpha value is -3.02. The van der Waals surface area contributed by atoms with E-state index in [4.69, 9.17) is 33.0 Å². The molecule has 3 aromatic rings. The normalized spacial score (nSPS) is 16.4. The quantitative estimate of drug-likeness (QED) is 0.377. The van der Waals surface area contributed by atoms with Crippen molar-refractivity contribution in [3.8, 4) is 5.75 Å². The first kappa shape index (κ1) is 25.1. The molecule has 7 heteroatoms. The molecule has 1 aliphatic rings. The van der Waals surface area contributed by atoms with E-state index in [1.54, 1.807) is 17.0 Å². The van der Waals surface area contributed by atoms with Gasteiger partial charge in [0.05, 0.1) is 16.5 Å². The summed E-state index contributed by atoms with van der Waals surface area (Å²) in [6.07, 6.45) is 1.74. The fourth-order valence-electron chi connectivity index (χ4n) is 4.48. The highest BCUT2D eigenvalue weighted by molar-refractivity contribution is 6.42. The number of hydrogen-bond acceptors (Lipinski definition) is 3. The summed E-state index contributed by atoms with van der Waals surface area (Å²) in [6, 6.07) is 20.8. The van der Waals surface area contributed by atoms with Gasteiger partial charge in [0.15, 0.2) is 0 Å². The summed E-state index contributed by atoms with van der Waals surface area (Å²) >= 11 is 12.6. The molecule has 1 N–H and O–H groups in total. The van der Waals surface area contributed by atoms with Crippen LogP contribution in [0.25, 0.3) is 0 Å². The molecule has 1 heterocycles. The Morgan fingerprint density at radius 3 is 2.54 bits per heavy atom. The molecule has 0 aliphatic carbocycles. The van der Waals surface area contributed by atoms with E-state index in [2.05, 4.69) is 0 Å². The molecule has 1 aliphatic heterocycles. The van der Waals surface area contributed by atoms with Gasteiger partial charge < -0.3 is 14.7 Å². The molecule has 4 rings (SSSR count). The maximum Gasteiger partial charge on any atom is 0.305 e. The lowest BCUT2D eigenvalue weighted by Gasteiger charge is -2.24. The van der Waals surface area contributed by atoms with Crippen LogP contribution < -0.4 is 4.74 Å². The van der Waals surface area contributed by atoms with Crippen LogP contribution in [0.15, 0.2) is 66.7 Å². The summed E-state index contributed by atoms with van der Waals surface area (Å²) in [6.45, 7) is 2.61. The topological polar surface area (TPSA) is 66.8 Å². The molecule has 0 radical (unpaired) electrons. The van der Waals surface area contributed by atoms with Crippen molar-refractivity contribution in [2.45, 2.75) is 38.2 Å². The molecule has 0 saturated heterocycles. The van der Waals surface area contributed by atoms with Crippen molar-refractivity contribution in [3.05, 3.63) is 99.0 Å². The Labute approximate surface area is 215 Å². The number of carbonyl (C=O) groups is 2. The third-order valence-corrected chi connectivity index (χ3v) is 7.08. The number of nitrogens with zero attached hydrogens (tertiary/aromatic N) is 1. The summed E-state index contributed by atoms with van der Waals surface area (Å²) < 4.78 is 6.27. The van der Waals surface area contributed by atoms with Gasteiger partial charge in [-0.1, -0.05) is 65.7 Å². The van der Waals surface area contributed by atoms with Crippen molar-refractivity contribution in [2.75, 3.05) is 13.1 Å². The van der Waals surface area contributed by atoms with E-state index in [9.17, 15) is 9.59 Å². The van der Waals surface area contributed by atoms with Gasteiger partial charge in [0.25, 0.3) is 5.91 Å². The molecule has 1 amide bonds. The zero-order valence-corrected chi connectivity index (χ0v) is 21.0. The van der Waals surface area contributed by atoms with Gasteiger partial charge in [0.1, 0.15) is 11.4 Å². The summed E-state index contributed by atoms with van der Waals surface area (Å²) in [5, 5.41) is 10.2. The largest absolute Gasteiger partial charge is 0.487 e. The number of rotatable bonds is 9. The van der Waals surface area contributed by atoms with Crippen LogP contribution in [0.4, 0.5) is 0 Å². The van der Waals surface area contributed by atoms with E-state index in [0.717, 1.165) is 22.4 Å². The Bertz CT molecular complexity index is 1230. The van der Waals surface area contributed by atoms with E-state index in [1.807, 2.05) is 61.5 Å². The second-order valence-electron chi connectivity index (χ2n) is 9.11. The van der Waals surface area contributed by atoms with Crippen LogP contribution in [0.5, 0.6) is 5.75 Å². The lowest BCUT2D eigenvalue weighted by atomic mass is 9.91. The molecular weight excluding hydrogens is 485 g/mol. The molecule has 1 atom stereocenters. The Balaban J connectivity index is 1.49. The van der Waals surface area contributed by atoms with E-state index >= 15 is 0 Å². The van der Waals surface area contributed by atoms with Crippen LogP contribution in [0.3, 0.4) is 0 Å². The third-order valence-electron chi connectivity index (χ3n) is 6.22. The molecule has 0 fully saturated rings. The standard InChI is InChI=1S/C28H27Cl2NO4/c1-28(17-21-8-5-9-23(29)26(21)30)18-22-16-20(10-11-24(22)35-28)27(34)31(15-13-25(32)33)14-12-19-6-3-2-4-7-19/h2-11,16H,12-15,17-18H2,1H3,(H,32,33). The van der Waals surface area contributed by atoms with Crippen molar-refractivity contribution in [3.63, 3.8) is 0 Å². The highest BCUT2D eigenvalue weighted by Gasteiger charge is 2.36. The van der Waals surface area contributed by atoms with E-state index < -0.39 is 11.6 Å². The van der Waals surface area contributed by atoms with Gasteiger partial charge >= 0.3 is 5.97 Å². The minimum atomic E-state index is -0.930. The molecular formula is C28H27Cl2NO4. The monoisotopic (exact) mass is 511 g/mol. The molecule has 3 aromatic carbocycles. The zero-order valence-electron chi connectivity index (χ0n) is 19.5. The van der Waals surface area contributed by atoms with Crippen molar-refractivity contribution in [2.24, 2.45) is 0 Å². The van der Waals surface area contributed by atoms with Crippen LogP contribution in [-0.4, -0.2) is 40.6 Å². The third kappa shape index (κ3) is 6.16. The zero-order chi connectivity index (χ0) is 25.0. The van der Waals surface area contributed by atoms with Crippen LogP contribution in [0, 0.1) is 0 Å². The average Bonchev–Trinajstić information content (AvgIpc) is 3.17. The van der Waals surface area contributed by atoms with Gasteiger partial charge in [-0.15, -0.1) is 0 Å². The first-order valence-corrected chi connectivity index (χ1v) is 12.3. The number of aliphatic carboxylic acids is 1. The van der Waals surface area contributed by atoms with Crippen molar-refractivity contribution in [1.82, 2.24) is 4.90 Å². The van der Waals surface area contributed by atoms with E-state index in [0.29, 0.717) is 41.4 Å². The number of halogens is 2. The molecule has 0 saturated carbocycles. The minimum Gasteiger partial charge on any atom is -0.487 e. The summed E-state index contributed by atoms with van der Waals surface area (Å²) in [7, 11) is 0. The summed E-state index contributed by atoms with van der Waals surface area (Å²) in [5.41, 5.74) is 2.95. The van der Waals surface area contributed by atoms with Gasteiger partial charge in [-0.2, -0.15) is 0 Å². The number of ether oxygens (including phenoxy) is 1. The predicted octanol–water partition coefficient (Wildman–Crippen LogP) is 6.09. The SMILES string of the molecule is CC1(Cc2cccc(Cl)c2Cl)Cc2cc(C(=O)N(CCC(=O)O)CCc3ccccc3)ccc2O1. The number of benzene rings is 3. The fraction of sp³-hybridized carbons (Fsp3) is 0.286. The maximum absolute atomic E-state index is 13.4.